The summed E-state index contributed by atoms with van der Waals surface area (Å²) < 4.78 is 5.37. The maximum Gasteiger partial charge on any atom is 0.233 e. The van der Waals surface area contributed by atoms with Crippen LogP contribution in [0.25, 0.3) is 0 Å². The number of rotatable bonds is 9. The van der Waals surface area contributed by atoms with Gasteiger partial charge in [-0.15, -0.1) is 0 Å². The molecule has 1 saturated heterocycles. The fourth-order valence-electron chi connectivity index (χ4n) is 3.88. The van der Waals surface area contributed by atoms with Crippen molar-refractivity contribution in [2.45, 2.75) is 38.6 Å². The average molecular weight is 433 g/mol. The van der Waals surface area contributed by atoms with Crippen molar-refractivity contribution in [3.8, 4) is 0 Å². The number of anilines is 3. The minimum absolute atomic E-state index is 0.0340. The number of pyridine rings is 1. The van der Waals surface area contributed by atoms with Gasteiger partial charge >= 0.3 is 0 Å². The molecule has 1 unspecified atom stereocenters. The molecule has 1 aliphatic heterocycles. The van der Waals surface area contributed by atoms with Crippen molar-refractivity contribution in [3.63, 3.8) is 0 Å². The van der Waals surface area contributed by atoms with Gasteiger partial charge in [-0.3, -0.25) is 4.79 Å². The van der Waals surface area contributed by atoms with Gasteiger partial charge in [0.1, 0.15) is 11.6 Å². The molecular formula is C24H28N6O2. The van der Waals surface area contributed by atoms with E-state index in [2.05, 4.69) is 30.2 Å². The lowest BCUT2D eigenvalue weighted by atomic mass is 10.0. The normalized spacial score (nSPS) is 15.7. The minimum atomic E-state index is 0.0340. The fourth-order valence-corrected chi connectivity index (χ4v) is 3.88. The molecule has 2 aromatic heterocycles. The van der Waals surface area contributed by atoms with E-state index in [0.29, 0.717) is 48.6 Å². The van der Waals surface area contributed by atoms with Crippen molar-refractivity contribution in [1.29, 1.82) is 0 Å². The van der Waals surface area contributed by atoms with Gasteiger partial charge in [-0.25, -0.2) is 4.98 Å². The standard InChI is InChI=1S/C24H28N6O2/c1-3-21-26-23(29-24(28-21)30-13-7-10-19(30)16-32-2)27-22-15-18(11-12-25-22)20(31)14-17-8-5-4-6-9-17/h4-6,8-9,11-12,15,19H,3,7,10,13-14,16H2,1-2H3,(H,25,26,27,28,29). The van der Waals surface area contributed by atoms with Crippen molar-refractivity contribution >= 4 is 23.5 Å². The smallest absolute Gasteiger partial charge is 0.233 e. The zero-order valence-electron chi connectivity index (χ0n) is 18.5. The summed E-state index contributed by atoms with van der Waals surface area (Å²) in [7, 11) is 1.71. The Morgan fingerprint density at radius 1 is 1.19 bits per heavy atom. The molecule has 1 aliphatic rings. The number of methoxy groups -OCH3 is 1. The lowest BCUT2D eigenvalue weighted by Gasteiger charge is -2.24. The number of aromatic nitrogens is 4. The number of nitrogens with zero attached hydrogens (tertiary/aromatic N) is 5. The van der Waals surface area contributed by atoms with Gasteiger partial charge in [0.15, 0.2) is 5.78 Å². The number of carbonyl (C=O) groups is 1. The third-order valence-electron chi connectivity index (χ3n) is 5.51. The van der Waals surface area contributed by atoms with Crippen LogP contribution in [0.5, 0.6) is 0 Å². The fraction of sp³-hybridized carbons (Fsp3) is 0.375. The Bertz CT molecular complexity index is 1060. The topological polar surface area (TPSA) is 93.1 Å². The van der Waals surface area contributed by atoms with Crippen LogP contribution in [0.1, 0.15) is 41.5 Å². The molecule has 1 atom stereocenters. The number of benzene rings is 1. The molecule has 32 heavy (non-hydrogen) atoms. The number of hydrogen-bond acceptors (Lipinski definition) is 8. The van der Waals surface area contributed by atoms with E-state index in [4.69, 9.17) is 4.74 Å². The van der Waals surface area contributed by atoms with E-state index < -0.39 is 0 Å². The Labute approximate surface area is 188 Å². The van der Waals surface area contributed by atoms with Crippen molar-refractivity contribution in [2.75, 3.05) is 30.5 Å². The molecule has 0 saturated carbocycles. The van der Waals surface area contributed by atoms with E-state index in [-0.39, 0.29) is 11.8 Å². The molecule has 8 heteroatoms. The Morgan fingerprint density at radius 2 is 2.03 bits per heavy atom. The molecule has 1 fully saturated rings. The highest BCUT2D eigenvalue weighted by atomic mass is 16.5. The first-order valence-electron chi connectivity index (χ1n) is 11.0. The van der Waals surface area contributed by atoms with Crippen molar-refractivity contribution in [3.05, 3.63) is 65.6 Å². The van der Waals surface area contributed by atoms with Crippen LogP contribution in [0.4, 0.5) is 17.7 Å². The van der Waals surface area contributed by atoms with E-state index in [0.717, 1.165) is 24.9 Å². The summed E-state index contributed by atoms with van der Waals surface area (Å²) in [6.45, 7) is 3.55. The molecule has 0 aliphatic carbocycles. The Balaban J connectivity index is 1.53. The van der Waals surface area contributed by atoms with Crippen LogP contribution in [0.3, 0.4) is 0 Å². The van der Waals surface area contributed by atoms with Gasteiger partial charge in [0, 0.05) is 38.3 Å². The van der Waals surface area contributed by atoms with Gasteiger partial charge in [0.25, 0.3) is 0 Å². The molecule has 8 nitrogen and oxygen atoms in total. The van der Waals surface area contributed by atoms with E-state index >= 15 is 0 Å². The number of ether oxygens (including phenoxy) is 1. The van der Waals surface area contributed by atoms with Gasteiger partial charge in [-0.05, 0) is 30.5 Å². The van der Waals surface area contributed by atoms with Crippen molar-refractivity contribution in [2.24, 2.45) is 0 Å². The second-order valence-corrected chi connectivity index (χ2v) is 7.81. The quantitative estimate of drug-likeness (QED) is 0.513. The van der Waals surface area contributed by atoms with E-state index in [1.807, 2.05) is 37.3 Å². The Hall–Kier alpha value is -3.39. The predicted octanol–water partition coefficient (Wildman–Crippen LogP) is 3.61. The highest BCUT2D eigenvalue weighted by molar-refractivity contribution is 5.98. The highest BCUT2D eigenvalue weighted by Crippen LogP contribution is 2.24. The van der Waals surface area contributed by atoms with Crippen LogP contribution in [0, 0.1) is 0 Å². The lowest BCUT2D eigenvalue weighted by molar-refractivity contribution is 0.0993. The van der Waals surface area contributed by atoms with E-state index in [1.165, 1.54) is 0 Å². The summed E-state index contributed by atoms with van der Waals surface area (Å²) in [4.78, 5) is 33.1. The molecule has 1 N–H and O–H groups in total. The number of ketones is 1. The van der Waals surface area contributed by atoms with Crippen molar-refractivity contribution in [1.82, 2.24) is 19.9 Å². The van der Waals surface area contributed by atoms with Crippen LogP contribution < -0.4 is 10.2 Å². The summed E-state index contributed by atoms with van der Waals surface area (Å²) in [5.74, 6) is 2.34. The maximum absolute atomic E-state index is 12.7. The molecule has 4 rings (SSSR count). The molecule has 166 valence electrons. The van der Waals surface area contributed by atoms with Crippen LogP contribution >= 0.6 is 0 Å². The number of nitrogens with one attached hydrogen (secondary N) is 1. The molecule has 3 heterocycles. The summed E-state index contributed by atoms with van der Waals surface area (Å²) in [5.41, 5.74) is 1.57. The Kier molecular flexibility index (Phi) is 7.01. The number of Topliss-reactive ketones (excluding diaryl/α,β-unsaturated/α-hetero) is 1. The monoisotopic (exact) mass is 432 g/mol. The van der Waals surface area contributed by atoms with Gasteiger partial charge < -0.3 is 15.0 Å². The van der Waals surface area contributed by atoms with E-state index in [9.17, 15) is 4.79 Å². The van der Waals surface area contributed by atoms with Crippen LogP contribution in [-0.2, 0) is 17.6 Å². The number of carbonyl (C=O) groups excluding carboxylic acids is 1. The molecular weight excluding hydrogens is 404 g/mol. The molecule has 0 bridgehead atoms. The molecule has 0 radical (unpaired) electrons. The first-order chi connectivity index (χ1) is 15.7. The van der Waals surface area contributed by atoms with E-state index in [1.54, 1.807) is 25.4 Å². The second-order valence-electron chi connectivity index (χ2n) is 7.81. The SMILES string of the molecule is CCc1nc(Nc2cc(C(=O)Cc3ccccc3)ccn2)nc(N2CCCC2COC)n1. The van der Waals surface area contributed by atoms with Crippen LogP contribution in [0.15, 0.2) is 48.7 Å². The number of hydrogen-bond donors (Lipinski definition) is 1. The summed E-state index contributed by atoms with van der Waals surface area (Å²) in [6, 6.07) is 13.4. The highest BCUT2D eigenvalue weighted by Gasteiger charge is 2.27. The molecule has 1 aromatic carbocycles. The number of aryl methyl sites for hydroxylation is 1. The zero-order chi connectivity index (χ0) is 22.3. The average Bonchev–Trinajstić information content (AvgIpc) is 3.28. The van der Waals surface area contributed by atoms with Gasteiger partial charge in [-0.2, -0.15) is 15.0 Å². The molecule has 0 spiro atoms. The first kappa shape index (κ1) is 21.8. The van der Waals surface area contributed by atoms with Crippen LogP contribution in [-0.4, -0.2) is 52.0 Å². The van der Waals surface area contributed by atoms with Gasteiger partial charge in [0.2, 0.25) is 11.9 Å². The zero-order valence-corrected chi connectivity index (χ0v) is 18.5. The van der Waals surface area contributed by atoms with Gasteiger partial charge in [-0.1, -0.05) is 37.3 Å². The first-order valence-corrected chi connectivity index (χ1v) is 11.0. The summed E-state index contributed by atoms with van der Waals surface area (Å²) in [6.07, 6.45) is 4.79. The second kappa shape index (κ2) is 10.3. The summed E-state index contributed by atoms with van der Waals surface area (Å²) in [5, 5.41) is 3.16. The molecule has 3 aromatic rings. The predicted molar refractivity (Wildman–Crippen MR) is 123 cm³/mol. The minimum Gasteiger partial charge on any atom is -0.383 e. The Morgan fingerprint density at radius 3 is 2.81 bits per heavy atom. The van der Waals surface area contributed by atoms with Crippen molar-refractivity contribution < 1.29 is 9.53 Å². The lowest BCUT2D eigenvalue weighted by Crippen LogP contribution is -2.34. The van der Waals surface area contributed by atoms with Crippen LogP contribution in [0.2, 0.25) is 0 Å². The summed E-state index contributed by atoms with van der Waals surface area (Å²) >= 11 is 0. The third kappa shape index (κ3) is 5.26. The van der Waals surface area contributed by atoms with Gasteiger partial charge in [0.05, 0.1) is 12.6 Å². The maximum atomic E-state index is 12.7. The largest absolute Gasteiger partial charge is 0.383 e. The third-order valence-corrected chi connectivity index (χ3v) is 5.51. The molecule has 0 amide bonds.